The summed E-state index contributed by atoms with van der Waals surface area (Å²) in [5.41, 5.74) is 1.59. The summed E-state index contributed by atoms with van der Waals surface area (Å²) < 4.78 is 5.49. The number of carbonyl (C=O) groups excluding carboxylic acids is 1. The fourth-order valence-corrected chi connectivity index (χ4v) is 6.37. The molecule has 5 heteroatoms. The average Bonchev–Trinajstić information content (AvgIpc) is 2.68. The normalized spacial score (nSPS) is 32.9. The highest BCUT2D eigenvalue weighted by atomic mass is 16.5. The first-order chi connectivity index (χ1) is 13.6. The largest absolute Gasteiger partial charge is 0.466 e. The number of esters is 1. The molecule has 6 rings (SSSR count). The van der Waals surface area contributed by atoms with Crippen LogP contribution in [0.15, 0.2) is 42.5 Å². The minimum absolute atomic E-state index is 0.0146. The van der Waals surface area contributed by atoms with E-state index in [0.717, 1.165) is 49.2 Å². The van der Waals surface area contributed by atoms with E-state index in [4.69, 9.17) is 4.74 Å². The highest BCUT2D eigenvalue weighted by Crippen LogP contribution is 2.62. The summed E-state index contributed by atoms with van der Waals surface area (Å²) in [6.45, 7) is 2.36. The number of aromatic nitrogens is 2. The van der Waals surface area contributed by atoms with Crippen molar-refractivity contribution in [2.24, 2.45) is 17.3 Å². The fraction of sp³-hybridized carbons (Fsp3) is 0.522. The quantitative estimate of drug-likeness (QED) is 0.780. The maximum Gasteiger partial charge on any atom is 0.312 e. The Morgan fingerprint density at radius 3 is 2.46 bits per heavy atom. The van der Waals surface area contributed by atoms with Gasteiger partial charge >= 0.3 is 5.97 Å². The molecule has 1 aromatic carbocycles. The predicted octanol–water partition coefficient (Wildman–Crippen LogP) is 4.46. The van der Waals surface area contributed by atoms with Crippen LogP contribution in [0.25, 0.3) is 11.3 Å². The van der Waals surface area contributed by atoms with E-state index in [9.17, 15) is 4.79 Å². The number of benzene rings is 1. The molecule has 2 aromatic rings. The van der Waals surface area contributed by atoms with Gasteiger partial charge in [-0.3, -0.25) is 4.79 Å². The van der Waals surface area contributed by atoms with Gasteiger partial charge in [0.25, 0.3) is 0 Å². The number of hydrogen-bond donors (Lipinski definition) is 1. The standard InChI is InChI=1S/C23H27N3O2/c1-2-28-21(27)22-11-16-10-17(12-22)14-23(13-16,15-22)24-20-9-8-19(25-26-20)18-6-4-3-5-7-18/h3-9,16-17H,2,10-15H2,1H3,(H,24,26). The summed E-state index contributed by atoms with van der Waals surface area (Å²) in [6, 6.07) is 14.1. The zero-order valence-corrected chi connectivity index (χ0v) is 16.4. The SMILES string of the molecule is CCOC(=O)C12CC3CC(CC(Nc4ccc(-c5ccccc5)nn4)(C3)C1)C2. The number of hydrogen-bond acceptors (Lipinski definition) is 5. The molecule has 4 bridgehead atoms. The van der Waals surface area contributed by atoms with E-state index in [2.05, 4.69) is 15.5 Å². The van der Waals surface area contributed by atoms with Crippen LogP contribution in [-0.2, 0) is 9.53 Å². The van der Waals surface area contributed by atoms with Crippen molar-refractivity contribution in [3.63, 3.8) is 0 Å². The van der Waals surface area contributed by atoms with Gasteiger partial charge in [0.15, 0.2) is 0 Å². The van der Waals surface area contributed by atoms with Crippen molar-refractivity contribution in [3.05, 3.63) is 42.5 Å². The van der Waals surface area contributed by atoms with Crippen molar-refractivity contribution in [2.75, 3.05) is 11.9 Å². The smallest absolute Gasteiger partial charge is 0.312 e. The van der Waals surface area contributed by atoms with Crippen molar-refractivity contribution in [2.45, 2.75) is 51.0 Å². The summed E-state index contributed by atoms with van der Waals surface area (Å²) in [6.07, 6.45) is 6.32. The van der Waals surface area contributed by atoms with Crippen LogP contribution in [0.1, 0.15) is 45.4 Å². The molecule has 0 spiro atoms. The molecule has 1 aromatic heterocycles. The predicted molar refractivity (Wildman–Crippen MR) is 108 cm³/mol. The fourth-order valence-electron chi connectivity index (χ4n) is 6.37. The maximum atomic E-state index is 12.8. The molecule has 28 heavy (non-hydrogen) atoms. The molecule has 1 N–H and O–H groups in total. The van der Waals surface area contributed by atoms with Gasteiger partial charge in [0.2, 0.25) is 0 Å². The Morgan fingerprint density at radius 1 is 1.07 bits per heavy atom. The van der Waals surface area contributed by atoms with Crippen LogP contribution in [0.4, 0.5) is 5.82 Å². The molecule has 5 nitrogen and oxygen atoms in total. The zero-order valence-electron chi connectivity index (χ0n) is 16.4. The summed E-state index contributed by atoms with van der Waals surface area (Å²) >= 11 is 0. The minimum atomic E-state index is -0.301. The van der Waals surface area contributed by atoms with Gasteiger partial charge in [-0.15, -0.1) is 10.2 Å². The highest BCUT2D eigenvalue weighted by Gasteiger charge is 2.61. The molecular weight excluding hydrogens is 350 g/mol. The Balaban J connectivity index is 1.38. The van der Waals surface area contributed by atoms with Crippen molar-refractivity contribution in [1.82, 2.24) is 10.2 Å². The van der Waals surface area contributed by atoms with Crippen molar-refractivity contribution in [3.8, 4) is 11.3 Å². The molecule has 4 aliphatic carbocycles. The maximum absolute atomic E-state index is 12.8. The second-order valence-corrected chi connectivity index (χ2v) is 9.04. The van der Waals surface area contributed by atoms with Crippen molar-refractivity contribution in [1.29, 1.82) is 0 Å². The molecule has 2 unspecified atom stereocenters. The molecule has 0 radical (unpaired) electrons. The topological polar surface area (TPSA) is 64.1 Å². The molecule has 1 heterocycles. The molecule has 4 fully saturated rings. The minimum Gasteiger partial charge on any atom is -0.466 e. The van der Waals surface area contributed by atoms with Crippen LogP contribution >= 0.6 is 0 Å². The molecule has 2 atom stereocenters. The van der Waals surface area contributed by atoms with E-state index >= 15 is 0 Å². The highest BCUT2D eigenvalue weighted by molar-refractivity contribution is 5.78. The second kappa shape index (κ2) is 6.57. The van der Waals surface area contributed by atoms with E-state index in [1.165, 1.54) is 6.42 Å². The zero-order chi connectivity index (χ0) is 19.2. The molecule has 4 saturated carbocycles. The summed E-state index contributed by atoms with van der Waals surface area (Å²) in [5, 5.41) is 12.6. The van der Waals surface area contributed by atoms with Crippen LogP contribution < -0.4 is 5.32 Å². The molecule has 4 aliphatic rings. The Labute approximate surface area is 165 Å². The van der Waals surface area contributed by atoms with E-state index in [1.54, 1.807) is 0 Å². The lowest BCUT2D eigenvalue weighted by Gasteiger charge is -2.61. The number of anilines is 1. The number of nitrogens with zero attached hydrogens (tertiary/aromatic N) is 2. The Kier molecular flexibility index (Phi) is 4.14. The van der Waals surface area contributed by atoms with E-state index < -0.39 is 0 Å². The lowest BCUT2D eigenvalue weighted by Crippen LogP contribution is -2.61. The second-order valence-electron chi connectivity index (χ2n) is 9.04. The van der Waals surface area contributed by atoms with Crippen LogP contribution in [0.2, 0.25) is 0 Å². The Hall–Kier alpha value is -2.43. The lowest BCUT2D eigenvalue weighted by atomic mass is 9.47. The summed E-state index contributed by atoms with van der Waals surface area (Å²) in [7, 11) is 0. The average molecular weight is 377 g/mol. The molecule has 0 saturated heterocycles. The molecule has 0 aliphatic heterocycles. The number of nitrogens with one attached hydrogen (secondary N) is 1. The third-order valence-corrected chi connectivity index (χ3v) is 6.90. The summed E-state index contributed by atoms with van der Waals surface area (Å²) in [4.78, 5) is 12.8. The van der Waals surface area contributed by atoms with Gasteiger partial charge in [-0.2, -0.15) is 0 Å². The number of carbonyl (C=O) groups is 1. The monoisotopic (exact) mass is 377 g/mol. The third kappa shape index (κ3) is 2.97. The summed E-state index contributed by atoms with van der Waals surface area (Å²) in [5.74, 6) is 2.03. The van der Waals surface area contributed by atoms with Crippen LogP contribution in [0, 0.1) is 17.3 Å². The first kappa shape index (κ1) is 17.7. The van der Waals surface area contributed by atoms with E-state index in [1.807, 2.05) is 49.4 Å². The third-order valence-electron chi connectivity index (χ3n) is 6.90. The van der Waals surface area contributed by atoms with Gasteiger partial charge in [-0.25, -0.2) is 0 Å². The van der Waals surface area contributed by atoms with Gasteiger partial charge in [-0.05, 0) is 69.4 Å². The van der Waals surface area contributed by atoms with Gasteiger partial charge in [0, 0.05) is 11.1 Å². The van der Waals surface area contributed by atoms with E-state index in [0.29, 0.717) is 18.4 Å². The molecular formula is C23H27N3O2. The van der Waals surface area contributed by atoms with E-state index in [-0.39, 0.29) is 16.9 Å². The Morgan fingerprint density at radius 2 is 1.82 bits per heavy atom. The van der Waals surface area contributed by atoms with Crippen LogP contribution in [-0.4, -0.2) is 28.3 Å². The lowest BCUT2D eigenvalue weighted by molar-refractivity contribution is -0.171. The van der Waals surface area contributed by atoms with Crippen LogP contribution in [0.5, 0.6) is 0 Å². The van der Waals surface area contributed by atoms with Crippen molar-refractivity contribution < 1.29 is 9.53 Å². The number of ether oxygens (including phenoxy) is 1. The van der Waals surface area contributed by atoms with Gasteiger partial charge in [0.05, 0.1) is 17.7 Å². The molecule has 0 amide bonds. The van der Waals surface area contributed by atoms with Gasteiger partial charge < -0.3 is 10.1 Å². The molecule has 146 valence electrons. The van der Waals surface area contributed by atoms with Crippen LogP contribution in [0.3, 0.4) is 0 Å². The van der Waals surface area contributed by atoms with Gasteiger partial charge in [0.1, 0.15) is 5.82 Å². The Bertz CT molecular complexity index is 851. The van der Waals surface area contributed by atoms with Gasteiger partial charge in [-0.1, -0.05) is 30.3 Å². The first-order valence-electron chi connectivity index (χ1n) is 10.4. The van der Waals surface area contributed by atoms with Crippen molar-refractivity contribution >= 4 is 11.8 Å². The number of rotatable bonds is 5. The first-order valence-corrected chi connectivity index (χ1v) is 10.4.